The fourth-order valence-corrected chi connectivity index (χ4v) is 1.47. The van der Waals surface area contributed by atoms with Crippen LogP contribution in [0.15, 0.2) is 24.3 Å². The van der Waals surface area contributed by atoms with E-state index in [0.29, 0.717) is 11.4 Å². The van der Waals surface area contributed by atoms with Crippen LogP contribution in [0.25, 0.3) is 0 Å². The maximum Gasteiger partial charge on any atom is 0.243 e. The van der Waals surface area contributed by atoms with Crippen molar-refractivity contribution in [1.29, 1.82) is 0 Å². The number of nitrogens with one attached hydrogen (secondary N) is 3. The van der Waals surface area contributed by atoms with Crippen molar-refractivity contribution < 1.29 is 14.4 Å². The summed E-state index contributed by atoms with van der Waals surface area (Å²) >= 11 is 0. The number of hydrogen-bond acceptors (Lipinski definition) is 3. The van der Waals surface area contributed by atoms with E-state index in [1.165, 1.54) is 6.92 Å². The summed E-state index contributed by atoms with van der Waals surface area (Å²) in [4.78, 5) is 34.2. The Morgan fingerprint density at radius 2 is 1.43 bits per heavy atom. The Morgan fingerprint density at radius 3 is 1.86 bits per heavy atom. The monoisotopic (exact) mass is 291 g/mol. The molecule has 3 amide bonds. The van der Waals surface area contributed by atoms with Crippen LogP contribution < -0.4 is 16.0 Å². The smallest absolute Gasteiger partial charge is 0.243 e. The molecule has 0 saturated carbocycles. The van der Waals surface area contributed by atoms with Crippen LogP contribution in [0.2, 0.25) is 0 Å². The highest BCUT2D eigenvalue weighted by Gasteiger charge is 2.21. The van der Waals surface area contributed by atoms with Crippen LogP contribution in [0.5, 0.6) is 0 Å². The van der Waals surface area contributed by atoms with Crippen LogP contribution in [-0.2, 0) is 14.4 Å². The first-order valence-corrected chi connectivity index (χ1v) is 6.64. The normalized spacial score (nSPS) is 10.7. The van der Waals surface area contributed by atoms with Crippen LogP contribution in [0.1, 0.15) is 27.7 Å². The fraction of sp³-hybridized carbons (Fsp3) is 0.400. The van der Waals surface area contributed by atoms with Crippen LogP contribution in [0.3, 0.4) is 0 Å². The SMILES string of the molecule is CC(=O)Nc1ccc(NC(=O)CNC(=O)C(C)(C)C)cc1. The van der Waals surface area contributed by atoms with Crippen molar-refractivity contribution in [2.45, 2.75) is 27.7 Å². The highest BCUT2D eigenvalue weighted by molar-refractivity contribution is 5.95. The molecule has 0 aliphatic rings. The quantitative estimate of drug-likeness (QED) is 0.789. The Morgan fingerprint density at radius 1 is 0.952 bits per heavy atom. The molecule has 0 spiro atoms. The van der Waals surface area contributed by atoms with Gasteiger partial charge in [0.15, 0.2) is 0 Å². The fourth-order valence-electron chi connectivity index (χ4n) is 1.47. The number of carbonyl (C=O) groups excluding carboxylic acids is 3. The van der Waals surface area contributed by atoms with Gasteiger partial charge in [0.05, 0.1) is 6.54 Å². The lowest BCUT2D eigenvalue weighted by Crippen LogP contribution is -2.39. The molecule has 6 nitrogen and oxygen atoms in total. The van der Waals surface area contributed by atoms with Crippen molar-refractivity contribution in [1.82, 2.24) is 5.32 Å². The lowest BCUT2D eigenvalue weighted by Gasteiger charge is -2.17. The minimum Gasteiger partial charge on any atom is -0.347 e. The summed E-state index contributed by atoms with van der Waals surface area (Å²) < 4.78 is 0. The second-order valence-electron chi connectivity index (χ2n) is 5.74. The van der Waals surface area contributed by atoms with Crippen LogP contribution in [0.4, 0.5) is 11.4 Å². The van der Waals surface area contributed by atoms with Gasteiger partial charge in [-0.15, -0.1) is 0 Å². The molecule has 0 atom stereocenters. The lowest BCUT2D eigenvalue weighted by atomic mass is 9.96. The molecule has 1 rings (SSSR count). The number of rotatable bonds is 4. The Bertz CT molecular complexity index is 530. The lowest BCUT2D eigenvalue weighted by molar-refractivity contribution is -0.130. The average Bonchev–Trinajstić information content (AvgIpc) is 2.36. The molecule has 21 heavy (non-hydrogen) atoms. The number of anilines is 2. The molecule has 3 N–H and O–H groups in total. The predicted molar refractivity (Wildman–Crippen MR) is 81.8 cm³/mol. The van der Waals surface area contributed by atoms with Gasteiger partial charge < -0.3 is 16.0 Å². The highest BCUT2D eigenvalue weighted by atomic mass is 16.2. The molecule has 1 aromatic rings. The largest absolute Gasteiger partial charge is 0.347 e. The summed E-state index contributed by atoms with van der Waals surface area (Å²) in [6, 6.07) is 6.72. The van der Waals surface area contributed by atoms with Gasteiger partial charge in [0.1, 0.15) is 0 Å². The highest BCUT2D eigenvalue weighted by Crippen LogP contribution is 2.14. The Balaban J connectivity index is 2.48. The molecule has 0 saturated heterocycles. The van der Waals surface area contributed by atoms with Gasteiger partial charge in [-0.25, -0.2) is 0 Å². The molecule has 0 radical (unpaired) electrons. The Hall–Kier alpha value is -2.37. The maximum absolute atomic E-state index is 11.7. The van der Waals surface area contributed by atoms with Crippen LogP contribution in [-0.4, -0.2) is 24.3 Å². The van der Waals surface area contributed by atoms with Gasteiger partial charge in [-0.2, -0.15) is 0 Å². The number of hydrogen-bond donors (Lipinski definition) is 3. The molecule has 0 aliphatic heterocycles. The summed E-state index contributed by atoms with van der Waals surface area (Å²) in [6.07, 6.45) is 0. The van der Waals surface area contributed by atoms with Crippen molar-refractivity contribution in [3.8, 4) is 0 Å². The van der Waals surface area contributed by atoms with Crippen molar-refractivity contribution >= 4 is 29.1 Å². The van der Waals surface area contributed by atoms with Gasteiger partial charge >= 0.3 is 0 Å². The zero-order chi connectivity index (χ0) is 16.0. The molecule has 0 unspecified atom stereocenters. The minimum absolute atomic E-state index is 0.0798. The first kappa shape index (κ1) is 16.7. The second kappa shape index (κ2) is 6.88. The van der Waals surface area contributed by atoms with Crippen LogP contribution in [0, 0.1) is 5.41 Å². The molecule has 0 fully saturated rings. The van der Waals surface area contributed by atoms with E-state index in [2.05, 4.69) is 16.0 Å². The van der Waals surface area contributed by atoms with Crippen molar-refractivity contribution in [3.05, 3.63) is 24.3 Å². The molecular weight excluding hydrogens is 270 g/mol. The van der Waals surface area contributed by atoms with E-state index in [0.717, 1.165) is 0 Å². The molecule has 1 aromatic carbocycles. The van der Waals surface area contributed by atoms with E-state index in [-0.39, 0.29) is 24.3 Å². The third-order valence-corrected chi connectivity index (χ3v) is 2.58. The minimum atomic E-state index is -0.527. The standard InChI is InChI=1S/C15H21N3O3/c1-10(19)17-11-5-7-12(8-6-11)18-13(20)9-16-14(21)15(2,3)4/h5-8H,9H2,1-4H3,(H,16,21)(H,17,19)(H,18,20). The first-order chi connectivity index (χ1) is 9.68. The van der Waals surface area contributed by atoms with E-state index in [9.17, 15) is 14.4 Å². The van der Waals surface area contributed by atoms with Gasteiger partial charge in [0.25, 0.3) is 0 Å². The zero-order valence-corrected chi connectivity index (χ0v) is 12.7. The third-order valence-electron chi connectivity index (χ3n) is 2.58. The molecule has 6 heteroatoms. The predicted octanol–water partition coefficient (Wildman–Crippen LogP) is 1.75. The van der Waals surface area contributed by atoms with Gasteiger partial charge in [-0.1, -0.05) is 20.8 Å². The van der Waals surface area contributed by atoms with Crippen molar-refractivity contribution in [2.75, 3.05) is 17.2 Å². The van der Waals surface area contributed by atoms with Crippen LogP contribution >= 0.6 is 0 Å². The zero-order valence-electron chi connectivity index (χ0n) is 12.7. The molecular formula is C15H21N3O3. The molecule has 0 bridgehead atoms. The van der Waals surface area contributed by atoms with Crippen molar-refractivity contribution in [3.63, 3.8) is 0 Å². The maximum atomic E-state index is 11.7. The van der Waals surface area contributed by atoms with Gasteiger partial charge in [-0.3, -0.25) is 14.4 Å². The first-order valence-electron chi connectivity index (χ1n) is 6.64. The molecule has 0 aliphatic carbocycles. The van der Waals surface area contributed by atoms with Crippen molar-refractivity contribution in [2.24, 2.45) is 5.41 Å². The van der Waals surface area contributed by atoms with E-state index in [1.807, 2.05) is 0 Å². The number of carbonyl (C=O) groups is 3. The van der Waals surface area contributed by atoms with E-state index < -0.39 is 5.41 Å². The summed E-state index contributed by atoms with van der Waals surface area (Å²) in [6.45, 7) is 6.68. The Labute approximate surface area is 124 Å². The summed E-state index contributed by atoms with van der Waals surface area (Å²) in [5, 5.41) is 7.87. The summed E-state index contributed by atoms with van der Waals surface area (Å²) in [5.74, 6) is -0.643. The van der Waals surface area contributed by atoms with Gasteiger partial charge in [0, 0.05) is 23.7 Å². The second-order valence-corrected chi connectivity index (χ2v) is 5.74. The van der Waals surface area contributed by atoms with E-state index in [1.54, 1.807) is 45.0 Å². The third kappa shape index (κ3) is 6.07. The van der Waals surface area contributed by atoms with E-state index >= 15 is 0 Å². The topological polar surface area (TPSA) is 87.3 Å². The number of benzene rings is 1. The van der Waals surface area contributed by atoms with Gasteiger partial charge in [-0.05, 0) is 24.3 Å². The van der Waals surface area contributed by atoms with E-state index in [4.69, 9.17) is 0 Å². The summed E-state index contributed by atoms with van der Waals surface area (Å²) in [7, 11) is 0. The average molecular weight is 291 g/mol. The number of amides is 3. The summed E-state index contributed by atoms with van der Waals surface area (Å²) in [5.41, 5.74) is 0.723. The molecule has 0 heterocycles. The van der Waals surface area contributed by atoms with Gasteiger partial charge in [0.2, 0.25) is 17.7 Å². The molecule has 114 valence electrons. The Kier molecular flexibility index (Phi) is 5.46. The molecule has 0 aromatic heterocycles.